The van der Waals surface area contributed by atoms with Crippen LogP contribution in [0.2, 0.25) is 0 Å². The van der Waals surface area contributed by atoms with E-state index in [9.17, 15) is 24.6 Å². The fraction of sp³-hybridized carbons (Fsp3) is 0.360. The van der Waals surface area contributed by atoms with Gasteiger partial charge in [0.25, 0.3) is 5.56 Å². The summed E-state index contributed by atoms with van der Waals surface area (Å²) in [5.41, 5.74) is -3.20. The average molecular weight is 473 g/mol. The molecule has 1 saturated carbocycles. The molecule has 2 aromatic carbocycles. The number of amides is 2. The van der Waals surface area contributed by atoms with Gasteiger partial charge in [-0.15, -0.1) is 0 Å². The largest absolute Gasteiger partial charge is 0.381 e. The van der Waals surface area contributed by atoms with Crippen molar-refractivity contribution in [3.8, 4) is 0 Å². The predicted octanol–water partition coefficient (Wildman–Crippen LogP) is 0.319. The summed E-state index contributed by atoms with van der Waals surface area (Å²) in [4.78, 5) is 46.3. The first-order valence-electron chi connectivity index (χ1n) is 11.7. The Morgan fingerprint density at radius 3 is 2.54 bits per heavy atom. The molecule has 35 heavy (non-hydrogen) atoms. The molecule has 0 radical (unpaired) electrons. The van der Waals surface area contributed by atoms with Gasteiger partial charge in [0.05, 0.1) is 16.6 Å². The van der Waals surface area contributed by atoms with Gasteiger partial charge in [-0.25, -0.2) is 4.98 Å². The molecular weight excluding hydrogens is 450 g/mol. The van der Waals surface area contributed by atoms with Gasteiger partial charge < -0.3 is 15.5 Å². The van der Waals surface area contributed by atoms with Crippen LogP contribution in [0.3, 0.4) is 0 Å². The van der Waals surface area contributed by atoms with Crippen molar-refractivity contribution >= 4 is 28.4 Å². The Morgan fingerprint density at radius 2 is 1.77 bits per heavy atom. The maximum atomic E-state index is 13.6. The highest BCUT2D eigenvalue weighted by Crippen LogP contribution is 2.55. The molecule has 7 rings (SSSR count). The van der Waals surface area contributed by atoms with Gasteiger partial charge in [-0.1, -0.05) is 30.3 Å². The monoisotopic (exact) mass is 473 g/mol. The van der Waals surface area contributed by atoms with Gasteiger partial charge in [-0.3, -0.25) is 29.2 Å². The minimum atomic E-state index is -1.88. The summed E-state index contributed by atoms with van der Waals surface area (Å²) in [7, 11) is 0. The van der Waals surface area contributed by atoms with Crippen LogP contribution in [0.25, 0.3) is 10.9 Å². The average Bonchev–Trinajstić information content (AvgIpc) is 3.50. The third kappa shape index (κ3) is 2.53. The van der Waals surface area contributed by atoms with Crippen LogP contribution in [0.4, 0.5) is 5.69 Å². The number of hydrogen-bond donors (Lipinski definition) is 4. The van der Waals surface area contributed by atoms with E-state index in [0.717, 1.165) is 0 Å². The molecule has 1 aliphatic carbocycles. The third-order valence-electron chi connectivity index (χ3n) is 7.86. The van der Waals surface area contributed by atoms with Gasteiger partial charge in [-0.05, 0) is 38.0 Å². The van der Waals surface area contributed by atoms with E-state index in [0.29, 0.717) is 35.0 Å². The summed E-state index contributed by atoms with van der Waals surface area (Å²) in [6, 6.07) is 12.6. The zero-order valence-corrected chi connectivity index (χ0v) is 18.9. The molecule has 1 aromatic heterocycles. The first kappa shape index (κ1) is 20.7. The van der Waals surface area contributed by atoms with Gasteiger partial charge in [-0.2, -0.15) is 0 Å². The smallest absolute Gasteiger partial charge is 0.262 e. The van der Waals surface area contributed by atoms with Crippen LogP contribution >= 0.6 is 0 Å². The van der Waals surface area contributed by atoms with E-state index in [-0.39, 0.29) is 18.2 Å². The van der Waals surface area contributed by atoms with Crippen LogP contribution < -0.4 is 21.1 Å². The molecule has 3 aromatic rings. The Morgan fingerprint density at radius 1 is 1.06 bits per heavy atom. The first-order chi connectivity index (χ1) is 16.7. The summed E-state index contributed by atoms with van der Waals surface area (Å²) in [6.07, 6.45) is 0.387. The number of fused-ring (bicyclic) bond motifs is 5. The number of anilines is 1. The molecule has 4 atom stereocenters. The lowest BCUT2D eigenvalue weighted by Gasteiger charge is -2.40. The maximum Gasteiger partial charge on any atom is 0.262 e. The molecule has 0 unspecified atom stereocenters. The first-order valence-corrected chi connectivity index (χ1v) is 11.7. The maximum absolute atomic E-state index is 13.6. The summed E-state index contributed by atoms with van der Waals surface area (Å²) in [5.74, 6) is -0.713. The number of carbonyl (C=O) groups is 2. The van der Waals surface area contributed by atoms with E-state index in [1.807, 2.05) is 0 Å². The molecular formula is C25H23N5O5. The van der Waals surface area contributed by atoms with Crippen molar-refractivity contribution in [1.82, 2.24) is 20.2 Å². The molecule has 2 fully saturated rings. The molecule has 4 aliphatic rings. The lowest BCUT2D eigenvalue weighted by Crippen LogP contribution is -2.59. The summed E-state index contributed by atoms with van der Waals surface area (Å²) in [5, 5.41) is 29.3. The van der Waals surface area contributed by atoms with E-state index in [1.165, 1.54) is 11.5 Å². The number of rotatable bonds is 2. The van der Waals surface area contributed by atoms with Crippen LogP contribution in [0, 0.1) is 0 Å². The lowest BCUT2D eigenvalue weighted by molar-refractivity contribution is -0.140. The summed E-state index contributed by atoms with van der Waals surface area (Å²) >= 11 is 0. The van der Waals surface area contributed by atoms with Crippen molar-refractivity contribution in [3.05, 3.63) is 70.3 Å². The van der Waals surface area contributed by atoms with Gasteiger partial charge >= 0.3 is 0 Å². The van der Waals surface area contributed by atoms with Crippen LogP contribution in [-0.2, 0) is 20.9 Å². The second-order valence-corrected chi connectivity index (χ2v) is 10.2. The van der Waals surface area contributed by atoms with Crippen LogP contribution in [0.1, 0.15) is 43.6 Å². The van der Waals surface area contributed by atoms with Crippen LogP contribution in [0.5, 0.6) is 0 Å². The van der Waals surface area contributed by atoms with Gasteiger partial charge in [0.2, 0.25) is 11.8 Å². The van der Waals surface area contributed by atoms with E-state index in [2.05, 4.69) is 15.6 Å². The van der Waals surface area contributed by atoms with E-state index >= 15 is 0 Å². The fourth-order valence-corrected chi connectivity index (χ4v) is 5.97. The molecule has 10 heteroatoms. The Labute approximate surface area is 199 Å². The van der Waals surface area contributed by atoms with Crippen molar-refractivity contribution < 1.29 is 19.8 Å². The highest BCUT2D eigenvalue weighted by molar-refractivity contribution is 6.07. The molecule has 3 aliphatic heterocycles. The van der Waals surface area contributed by atoms with E-state index in [1.54, 1.807) is 53.4 Å². The normalized spacial score (nSPS) is 31.9. The fourth-order valence-electron chi connectivity index (χ4n) is 5.97. The lowest BCUT2D eigenvalue weighted by atomic mass is 9.85. The second-order valence-electron chi connectivity index (χ2n) is 10.2. The van der Waals surface area contributed by atoms with Gasteiger partial charge in [0.15, 0.2) is 11.5 Å². The Balaban J connectivity index is 1.41. The SMILES string of the molecule is C[C@]1(O)NC(=O)[C@@H](C[C@@]2(O)c3ccccc3N3C(=O)C4(CC4)N[C@@H]32)n2c1nc1ccccc1c2=O. The predicted molar refractivity (Wildman–Crippen MR) is 124 cm³/mol. The highest BCUT2D eigenvalue weighted by Gasteiger charge is 2.67. The Kier molecular flexibility index (Phi) is 3.76. The van der Waals surface area contributed by atoms with Gasteiger partial charge in [0.1, 0.15) is 23.3 Å². The number of aliphatic hydroxyl groups is 2. The standard InChI is InChI=1S/C25H23N5O5/c1-23(34)20-26-15-8-4-2-6-13(15)19(32)29(20)17(18(31)27-23)12-25(35)14-7-3-5-9-16(14)30-21(25)28-24(10-11-24)22(30)33/h2-9,17,21,28,34-35H,10-12H2,1H3,(H,27,31)/t17-,21+,23-,25-/m1/s1. The molecule has 4 heterocycles. The number of benzene rings is 2. The molecule has 0 bridgehead atoms. The summed E-state index contributed by atoms with van der Waals surface area (Å²) in [6.45, 7) is 1.36. The number of hydrogen-bond acceptors (Lipinski definition) is 7. The Hall–Kier alpha value is -3.60. The zero-order chi connectivity index (χ0) is 24.3. The number of nitrogens with one attached hydrogen (secondary N) is 2. The van der Waals surface area contributed by atoms with Crippen molar-refractivity contribution in [2.24, 2.45) is 0 Å². The minimum absolute atomic E-state index is 0.00772. The molecule has 1 spiro atoms. The molecule has 10 nitrogen and oxygen atoms in total. The van der Waals surface area contributed by atoms with Gasteiger partial charge in [0, 0.05) is 12.0 Å². The van der Waals surface area contributed by atoms with Crippen molar-refractivity contribution in [3.63, 3.8) is 0 Å². The third-order valence-corrected chi connectivity index (χ3v) is 7.86. The second kappa shape index (κ2) is 6.34. The number of nitrogens with zero attached hydrogens (tertiary/aromatic N) is 3. The minimum Gasteiger partial charge on any atom is -0.381 e. The number of para-hydroxylation sites is 2. The van der Waals surface area contributed by atoms with Crippen LogP contribution in [0.15, 0.2) is 53.3 Å². The number of aromatic nitrogens is 2. The zero-order valence-electron chi connectivity index (χ0n) is 18.9. The van der Waals surface area contributed by atoms with Crippen molar-refractivity contribution in [1.29, 1.82) is 0 Å². The topological polar surface area (TPSA) is 137 Å². The summed E-state index contributed by atoms with van der Waals surface area (Å²) < 4.78 is 1.19. The molecule has 1 saturated heterocycles. The highest BCUT2D eigenvalue weighted by atomic mass is 16.3. The Bertz CT molecular complexity index is 1530. The molecule has 2 amide bonds. The molecule has 178 valence electrons. The van der Waals surface area contributed by atoms with E-state index in [4.69, 9.17) is 0 Å². The quantitative estimate of drug-likeness (QED) is 0.421. The van der Waals surface area contributed by atoms with Crippen molar-refractivity contribution in [2.75, 3.05) is 4.90 Å². The van der Waals surface area contributed by atoms with Crippen molar-refractivity contribution in [2.45, 2.75) is 55.3 Å². The van der Waals surface area contributed by atoms with E-state index < -0.39 is 40.5 Å². The molecule has 4 N–H and O–H groups in total. The number of carbonyl (C=O) groups excluding carboxylic acids is 2. The van der Waals surface area contributed by atoms with Crippen LogP contribution in [-0.4, -0.2) is 43.3 Å².